The minimum atomic E-state index is -0.852. The molecule has 0 atom stereocenters. The number of hydrogen-bond donors (Lipinski definition) is 0. The molecule has 3 rings (SSSR count). The summed E-state index contributed by atoms with van der Waals surface area (Å²) in [6.45, 7) is 6.95. The zero-order valence-corrected chi connectivity index (χ0v) is 17.3. The Morgan fingerprint density at radius 1 is 1.20 bits per heavy atom. The van der Waals surface area contributed by atoms with Crippen LogP contribution in [0.25, 0.3) is 11.4 Å². The molecular weight excluding hydrogens is 416 g/mol. The molecule has 0 aliphatic rings. The Kier molecular flexibility index (Phi) is 6.17. The number of methoxy groups -OCH3 is 1. The Labute approximate surface area is 176 Å². The standard InChI is InChI=1S/C21H18ClF2N3O3/c1-11-8-25-16(13(3)29-4)7-18(11)27-12(2)5-19(20(22)21(27)28)30-10-17-15(24)6-14(23)9-26-17/h5-9H,3,10H2,1-2,4H3. The summed E-state index contributed by atoms with van der Waals surface area (Å²) in [7, 11) is 1.47. The van der Waals surface area contributed by atoms with E-state index in [-0.39, 0.29) is 23.1 Å². The second-order valence-electron chi connectivity index (χ2n) is 6.46. The second-order valence-corrected chi connectivity index (χ2v) is 6.84. The topological polar surface area (TPSA) is 66.2 Å². The highest BCUT2D eigenvalue weighted by atomic mass is 35.5. The van der Waals surface area contributed by atoms with Crippen molar-refractivity contribution < 1.29 is 18.3 Å². The number of aromatic nitrogens is 3. The summed E-state index contributed by atoms with van der Waals surface area (Å²) in [5.74, 6) is -1.23. The molecule has 30 heavy (non-hydrogen) atoms. The van der Waals surface area contributed by atoms with Crippen molar-refractivity contribution in [1.82, 2.24) is 14.5 Å². The van der Waals surface area contributed by atoms with Crippen LogP contribution in [0.4, 0.5) is 8.78 Å². The normalized spacial score (nSPS) is 10.7. The molecular formula is C21H18ClF2N3O3. The molecule has 0 fully saturated rings. The van der Waals surface area contributed by atoms with E-state index in [0.29, 0.717) is 28.9 Å². The molecule has 0 amide bonds. The third-order valence-electron chi connectivity index (χ3n) is 4.40. The zero-order chi connectivity index (χ0) is 22.0. The number of pyridine rings is 3. The van der Waals surface area contributed by atoms with Gasteiger partial charge in [-0.05, 0) is 25.5 Å². The van der Waals surface area contributed by atoms with Gasteiger partial charge in [0.05, 0.1) is 19.0 Å². The van der Waals surface area contributed by atoms with E-state index in [2.05, 4.69) is 16.5 Å². The van der Waals surface area contributed by atoms with Gasteiger partial charge in [-0.25, -0.2) is 8.78 Å². The number of aryl methyl sites for hydroxylation is 2. The lowest BCUT2D eigenvalue weighted by molar-refractivity contribution is 0.292. The Morgan fingerprint density at radius 2 is 1.93 bits per heavy atom. The van der Waals surface area contributed by atoms with Crippen LogP contribution in [0.1, 0.15) is 22.6 Å². The van der Waals surface area contributed by atoms with E-state index in [1.165, 1.54) is 11.7 Å². The average Bonchev–Trinajstić information content (AvgIpc) is 2.71. The van der Waals surface area contributed by atoms with E-state index in [0.717, 1.165) is 11.8 Å². The quantitative estimate of drug-likeness (QED) is 0.540. The largest absolute Gasteiger partial charge is 0.495 e. The maximum atomic E-state index is 13.8. The summed E-state index contributed by atoms with van der Waals surface area (Å²) < 4.78 is 38.8. The molecule has 0 aromatic carbocycles. The van der Waals surface area contributed by atoms with Gasteiger partial charge in [-0.3, -0.25) is 19.3 Å². The maximum Gasteiger partial charge on any atom is 0.277 e. The van der Waals surface area contributed by atoms with E-state index >= 15 is 0 Å². The van der Waals surface area contributed by atoms with Gasteiger partial charge in [-0.15, -0.1) is 0 Å². The summed E-state index contributed by atoms with van der Waals surface area (Å²) in [6.07, 6.45) is 2.48. The SMILES string of the molecule is C=C(OC)c1cc(-n2c(C)cc(OCc3ncc(F)cc3F)c(Cl)c2=O)c(C)cn1. The van der Waals surface area contributed by atoms with Gasteiger partial charge < -0.3 is 9.47 Å². The van der Waals surface area contributed by atoms with Crippen molar-refractivity contribution in [3.05, 3.63) is 86.8 Å². The molecule has 0 spiro atoms. The van der Waals surface area contributed by atoms with Crippen molar-refractivity contribution in [2.75, 3.05) is 7.11 Å². The van der Waals surface area contributed by atoms with Crippen molar-refractivity contribution >= 4 is 17.4 Å². The Balaban J connectivity index is 2.00. The molecule has 0 aliphatic heterocycles. The van der Waals surface area contributed by atoms with Gasteiger partial charge in [0.1, 0.15) is 40.3 Å². The minimum Gasteiger partial charge on any atom is -0.495 e. The van der Waals surface area contributed by atoms with Crippen LogP contribution >= 0.6 is 11.6 Å². The summed E-state index contributed by atoms with van der Waals surface area (Å²) in [6, 6.07) is 3.92. The molecule has 156 valence electrons. The van der Waals surface area contributed by atoms with Crippen molar-refractivity contribution in [3.8, 4) is 11.4 Å². The van der Waals surface area contributed by atoms with Crippen molar-refractivity contribution in [2.45, 2.75) is 20.5 Å². The molecule has 0 radical (unpaired) electrons. The van der Waals surface area contributed by atoms with Gasteiger partial charge in [0, 0.05) is 24.0 Å². The van der Waals surface area contributed by atoms with E-state index in [4.69, 9.17) is 21.1 Å². The van der Waals surface area contributed by atoms with Crippen LogP contribution < -0.4 is 10.3 Å². The second kappa shape index (κ2) is 8.62. The highest BCUT2D eigenvalue weighted by molar-refractivity contribution is 6.31. The predicted molar refractivity (Wildman–Crippen MR) is 109 cm³/mol. The minimum absolute atomic E-state index is 0.0641. The number of nitrogens with zero attached hydrogens (tertiary/aromatic N) is 3. The summed E-state index contributed by atoms with van der Waals surface area (Å²) in [4.78, 5) is 20.9. The maximum absolute atomic E-state index is 13.8. The van der Waals surface area contributed by atoms with Crippen molar-refractivity contribution in [3.63, 3.8) is 0 Å². The first kappa shape index (κ1) is 21.4. The van der Waals surface area contributed by atoms with Gasteiger partial charge in [0.2, 0.25) is 0 Å². The molecule has 0 aliphatic carbocycles. The first-order valence-electron chi connectivity index (χ1n) is 8.78. The molecule has 6 nitrogen and oxygen atoms in total. The van der Waals surface area contributed by atoms with Crippen LogP contribution in [0, 0.1) is 25.5 Å². The van der Waals surface area contributed by atoms with E-state index in [1.54, 1.807) is 32.2 Å². The van der Waals surface area contributed by atoms with Crippen molar-refractivity contribution in [2.24, 2.45) is 0 Å². The Bertz CT molecular complexity index is 1190. The van der Waals surface area contributed by atoms with Gasteiger partial charge in [0.15, 0.2) is 5.82 Å². The lowest BCUT2D eigenvalue weighted by Crippen LogP contribution is -2.23. The molecule has 9 heteroatoms. The van der Waals surface area contributed by atoms with Crippen molar-refractivity contribution in [1.29, 1.82) is 0 Å². The van der Waals surface area contributed by atoms with Gasteiger partial charge in [-0.2, -0.15) is 0 Å². The van der Waals surface area contributed by atoms with Crippen LogP contribution in [0.3, 0.4) is 0 Å². The van der Waals surface area contributed by atoms with Gasteiger partial charge in [-0.1, -0.05) is 18.2 Å². The fourth-order valence-corrected chi connectivity index (χ4v) is 2.99. The van der Waals surface area contributed by atoms with Crippen LogP contribution in [0.15, 0.2) is 42.0 Å². The third kappa shape index (κ3) is 4.18. The number of hydrogen-bond acceptors (Lipinski definition) is 5. The summed E-state index contributed by atoms with van der Waals surface area (Å²) in [5.41, 5.74) is 1.65. The van der Waals surface area contributed by atoms with Crippen LogP contribution in [-0.2, 0) is 11.3 Å². The molecule has 3 aromatic heterocycles. The highest BCUT2D eigenvalue weighted by Gasteiger charge is 2.17. The van der Waals surface area contributed by atoms with Crippen LogP contribution in [0.5, 0.6) is 5.75 Å². The monoisotopic (exact) mass is 433 g/mol. The zero-order valence-electron chi connectivity index (χ0n) is 16.5. The summed E-state index contributed by atoms with van der Waals surface area (Å²) in [5, 5.41) is -0.188. The highest BCUT2D eigenvalue weighted by Crippen LogP contribution is 2.26. The predicted octanol–water partition coefficient (Wildman–Crippen LogP) is 4.37. The lowest BCUT2D eigenvalue weighted by Gasteiger charge is -2.17. The smallest absolute Gasteiger partial charge is 0.277 e. The molecule has 0 N–H and O–H groups in total. The molecule has 3 aromatic rings. The van der Waals surface area contributed by atoms with Crippen LogP contribution in [-0.4, -0.2) is 21.6 Å². The van der Waals surface area contributed by atoms with Gasteiger partial charge in [0.25, 0.3) is 5.56 Å². The first-order chi connectivity index (χ1) is 14.2. The Morgan fingerprint density at radius 3 is 2.60 bits per heavy atom. The average molecular weight is 434 g/mol. The molecule has 0 saturated carbocycles. The lowest BCUT2D eigenvalue weighted by atomic mass is 10.2. The van der Waals surface area contributed by atoms with E-state index in [1.807, 2.05) is 0 Å². The molecule has 0 unspecified atom stereocenters. The first-order valence-corrected chi connectivity index (χ1v) is 9.16. The third-order valence-corrected chi connectivity index (χ3v) is 4.74. The fourth-order valence-electron chi connectivity index (χ4n) is 2.79. The van der Waals surface area contributed by atoms with E-state index in [9.17, 15) is 13.6 Å². The van der Waals surface area contributed by atoms with Gasteiger partial charge >= 0.3 is 0 Å². The van der Waals surface area contributed by atoms with E-state index < -0.39 is 17.2 Å². The molecule has 0 saturated heterocycles. The van der Waals surface area contributed by atoms with Crippen LogP contribution in [0.2, 0.25) is 5.02 Å². The molecule has 3 heterocycles. The number of rotatable bonds is 6. The number of halogens is 3. The number of ether oxygens (including phenoxy) is 2. The Hall–Kier alpha value is -3.26. The molecule has 0 bridgehead atoms. The summed E-state index contributed by atoms with van der Waals surface area (Å²) >= 11 is 6.24. The fraction of sp³-hybridized carbons (Fsp3) is 0.190.